The van der Waals surface area contributed by atoms with Gasteiger partial charge in [-0.1, -0.05) is 6.92 Å². The molecule has 5 heteroatoms. The van der Waals surface area contributed by atoms with Crippen molar-refractivity contribution < 1.29 is 13.9 Å². The number of carbonyl (C=O) groups excluding carboxylic acids is 1. The summed E-state index contributed by atoms with van der Waals surface area (Å²) in [5.41, 5.74) is 0.589. The average Bonchev–Trinajstić information content (AvgIpc) is 2.77. The maximum atomic E-state index is 13.1. The van der Waals surface area contributed by atoms with E-state index in [9.17, 15) is 9.18 Å². The molecule has 1 atom stereocenters. The second-order valence-electron chi connectivity index (χ2n) is 6.76. The Labute approximate surface area is 137 Å². The number of carbonyl (C=O) groups is 1. The third-order valence-corrected chi connectivity index (χ3v) is 5.01. The van der Waals surface area contributed by atoms with E-state index in [2.05, 4.69) is 11.8 Å². The minimum absolute atomic E-state index is 0.00336. The monoisotopic (exact) mass is 320 g/mol. The molecule has 3 rings (SSSR count). The van der Waals surface area contributed by atoms with Crippen molar-refractivity contribution in [2.45, 2.75) is 19.8 Å². The number of likely N-dealkylation sites (N-methyl/N-ethyl adjacent to an activating group) is 1. The molecule has 1 spiro atoms. The highest BCUT2D eigenvalue weighted by atomic mass is 19.1. The van der Waals surface area contributed by atoms with Crippen LogP contribution in [0.3, 0.4) is 0 Å². The van der Waals surface area contributed by atoms with Gasteiger partial charge in [-0.2, -0.15) is 0 Å². The summed E-state index contributed by atoms with van der Waals surface area (Å²) in [6.45, 7) is 8.10. The molecular weight excluding hydrogens is 295 g/mol. The minimum atomic E-state index is -0.313. The zero-order valence-corrected chi connectivity index (χ0v) is 13.8. The van der Waals surface area contributed by atoms with Gasteiger partial charge in [0.15, 0.2) is 0 Å². The van der Waals surface area contributed by atoms with Gasteiger partial charge in [0, 0.05) is 37.2 Å². The van der Waals surface area contributed by atoms with Gasteiger partial charge in [-0.25, -0.2) is 4.39 Å². The van der Waals surface area contributed by atoms with Gasteiger partial charge in [-0.05, 0) is 43.7 Å². The summed E-state index contributed by atoms with van der Waals surface area (Å²) in [6, 6.07) is 5.84. The van der Waals surface area contributed by atoms with E-state index in [1.54, 1.807) is 12.1 Å². The highest BCUT2D eigenvalue weighted by Crippen LogP contribution is 2.33. The van der Waals surface area contributed by atoms with Gasteiger partial charge >= 0.3 is 0 Å². The molecule has 2 saturated heterocycles. The number of hydrogen-bond donors (Lipinski definition) is 0. The van der Waals surface area contributed by atoms with Gasteiger partial charge in [0.1, 0.15) is 5.82 Å². The summed E-state index contributed by atoms with van der Waals surface area (Å²) in [5.74, 6) is -0.316. The predicted molar refractivity (Wildman–Crippen MR) is 86.9 cm³/mol. The largest absolute Gasteiger partial charge is 0.379 e. The number of nitrogens with zero attached hydrogens (tertiary/aromatic N) is 2. The lowest BCUT2D eigenvalue weighted by atomic mass is 9.80. The van der Waals surface area contributed by atoms with E-state index in [1.807, 2.05) is 4.90 Å². The maximum Gasteiger partial charge on any atom is 0.253 e. The molecule has 0 saturated carbocycles. The van der Waals surface area contributed by atoms with Crippen LogP contribution in [0.25, 0.3) is 0 Å². The molecular formula is C18H25FN2O2. The van der Waals surface area contributed by atoms with Crippen molar-refractivity contribution >= 4 is 5.91 Å². The Morgan fingerprint density at radius 1 is 1.26 bits per heavy atom. The standard InChI is InChI=1S/C18H25FN2O2/c1-2-20-10-11-23-14-18(12-20)8-3-9-21(13-18)17(22)15-4-6-16(19)7-5-15/h4-7H,2-3,8-14H2,1H3. The van der Waals surface area contributed by atoms with Crippen LogP contribution in [0.2, 0.25) is 0 Å². The Bertz CT molecular complexity index is 548. The first kappa shape index (κ1) is 16.4. The molecule has 0 N–H and O–H groups in total. The Kier molecular flexibility index (Phi) is 4.97. The van der Waals surface area contributed by atoms with E-state index < -0.39 is 0 Å². The highest BCUT2D eigenvalue weighted by Gasteiger charge is 2.40. The molecule has 0 bridgehead atoms. The van der Waals surface area contributed by atoms with Crippen LogP contribution in [-0.4, -0.2) is 61.6 Å². The molecule has 2 aliphatic heterocycles. The van der Waals surface area contributed by atoms with Crippen LogP contribution in [0.15, 0.2) is 24.3 Å². The first-order valence-electron chi connectivity index (χ1n) is 8.47. The highest BCUT2D eigenvalue weighted by molar-refractivity contribution is 5.94. The van der Waals surface area contributed by atoms with Gasteiger partial charge in [0.2, 0.25) is 0 Å². The topological polar surface area (TPSA) is 32.8 Å². The van der Waals surface area contributed by atoms with Crippen molar-refractivity contribution in [1.82, 2.24) is 9.80 Å². The maximum absolute atomic E-state index is 13.1. The Balaban J connectivity index is 1.74. The summed E-state index contributed by atoms with van der Waals surface area (Å²) in [6.07, 6.45) is 2.09. The number of rotatable bonds is 2. The molecule has 1 aromatic carbocycles. The molecule has 0 radical (unpaired) electrons. The Hall–Kier alpha value is -1.46. The zero-order chi connectivity index (χ0) is 16.3. The van der Waals surface area contributed by atoms with Crippen LogP contribution in [0.5, 0.6) is 0 Å². The lowest BCUT2D eigenvalue weighted by Crippen LogP contribution is -2.52. The Morgan fingerprint density at radius 3 is 2.78 bits per heavy atom. The number of likely N-dealkylation sites (tertiary alicyclic amines) is 1. The smallest absolute Gasteiger partial charge is 0.253 e. The predicted octanol–water partition coefficient (Wildman–Crippen LogP) is 2.40. The summed E-state index contributed by atoms with van der Waals surface area (Å²) in [5, 5.41) is 0. The quantitative estimate of drug-likeness (QED) is 0.839. The summed E-state index contributed by atoms with van der Waals surface area (Å²) in [4.78, 5) is 17.1. The van der Waals surface area contributed by atoms with E-state index in [4.69, 9.17) is 4.74 Å². The fourth-order valence-corrected chi connectivity index (χ4v) is 3.75. The number of amides is 1. The summed E-state index contributed by atoms with van der Waals surface area (Å²) >= 11 is 0. The van der Waals surface area contributed by atoms with Crippen LogP contribution >= 0.6 is 0 Å². The normalized spacial score (nSPS) is 26.3. The molecule has 23 heavy (non-hydrogen) atoms. The third-order valence-electron chi connectivity index (χ3n) is 5.01. The van der Waals surface area contributed by atoms with Crippen molar-refractivity contribution in [3.63, 3.8) is 0 Å². The van der Waals surface area contributed by atoms with Crippen molar-refractivity contribution in [3.8, 4) is 0 Å². The minimum Gasteiger partial charge on any atom is -0.379 e. The summed E-state index contributed by atoms with van der Waals surface area (Å²) in [7, 11) is 0. The third kappa shape index (κ3) is 3.72. The average molecular weight is 320 g/mol. The molecule has 2 fully saturated rings. The van der Waals surface area contributed by atoms with Crippen molar-refractivity contribution in [2.75, 3.05) is 45.9 Å². The van der Waals surface area contributed by atoms with Crippen LogP contribution < -0.4 is 0 Å². The van der Waals surface area contributed by atoms with E-state index in [0.717, 1.165) is 58.8 Å². The van der Waals surface area contributed by atoms with Crippen LogP contribution in [-0.2, 0) is 4.74 Å². The SMILES string of the molecule is CCN1CCOCC2(CCCN(C(=O)c3ccc(F)cc3)C2)C1. The van der Waals surface area contributed by atoms with E-state index in [-0.39, 0.29) is 17.1 Å². The lowest BCUT2D eigenvalue weighted by molar-refractivity contribution is 0.00767. The molecule has 126 valence electrons. The molecule has 1 amide bonds. The first-order chi connectivity index (χ1) is 11.1. The number of ether oxygens (including phenoxy) is 1. The molecule has 2 aliphatic rings. The van der Waals surface area contributed by atoms with Crippen molar-refractivity contribution in [2.24, 2.45) is 5.41 Å². The van der Waals surface area contributed by atoms with Crippen LogP contribution in [0.1, 0.15) is 30.1 Å². The van der Waals surface area contributed by atoms with Crippen LogP contribution in [0.4, 0.5) is 4.39 Å². The molecule has 4 nitrogen and oxygen atoms in total. The molecule has 1 aromatic rings. The number of halogens is 1. The first-order valence-corrected chi connectivity index (χ1v) is 8.47. The second kappa shape index (κ2) is 6.97. The second-order valence-corrected chi connectivity index (χ2v) is 6.76. The summed E-state index contributed by atoms with van der Waals surface area (Å²) < 4.78 is 18.9. The number of piperidine rings is 1. The molecule has 0 aliphatic carbocycles. The van der Waals surface area contributed by atoms with Crippen molar-refractivity contribution in [1.29, 1.82) is 0 Å². The Morgan fingerprint density at radius 2 is 2.04 bits per heavy atom. The van der Waals surface area contributed by atoms with Gasteiger partial charge in [-0.15, -0.1) is 0 Å². The van der Waals surface area contributed by atoms with E-state index in [1.165, 1.54) is 12.1 Å². The number of benzene rings is 1. The lowest BCUT2D eigenvalue weighted by Gasteiger charge is -2.43. The molecule has 1 unspecified atom stereocenters. The fourth-order valence-electron chi connectivity index (χ4n) is 3.75. The fraction of sp³-hybridized carbons (Fsp3) is 0.611. The molecule has 0 aromatic heterocycles. The van der Waals surface area contributed by atoms with Gasteiger partial charge in [-0.3, -0.25) is 4.79 Å². The van der Waals surface area contributed by atoms with E-state index >= 15 is 0 Å². The van der Waals surface area contributed by atoms with Gasteiger partial charge < -0.3 is 14.5 Å². The van der Waals surface area contributed by atoms with Gasteiger partial charge in [0.05, 0.1) is 13.2 Å². The molecule has 2 heterocycles. The van der Waals surface area contributed by atoms with Gasteiger partial charge in [0.25, 0.3) is 5.91 Å². The zero-order valence-electron chi connectivity index (χ0n) is 13.8. The number of hydrogen-bond acceptors (Lipinski definition) is 3. The van der Waals surface area contributed by atoms with Crippen molar-refractivity contribution in [3.05, 3.63) is 35.6 Å². The van der Waals surface area contributed by atoms with Crippen LogP contribution in [0, 0.1) is 11.2 Å². The van der Waals surface area contributed by atoms with E-state index in [0.29, 0.717) is 5.56 Å².